The van der Waals surface area contributed by atoms with Gasteiger partial charge in [-0.25, -0.2) is 0 Å². The Labute approximate surface area is 163 Å². The van der Waals surface area contributed by atoms with Crippen LogP contribution in [0.3, 0.4) is 0 Å². The Morgan fingerprint density at radius 3 is 2.96 bits per heavy atom. The van der Waals surface area contributed by atoms with E-state index in [1.165, 1.54) is 12.8 Å². The second-order valence-corrected chi connectivity index (χ2v) is 7.78. The van der Waals surface area contributed by atoms with Gasteiger partial charge in [-0.05, 0) is 49.1 Å². The number of fused-ring (bicyclic) bond motifs is 1. The molecule has 142 valence electrons. The van der Waals surface area contributed by atoms with E-state index in [9.17, 15) is 4.79 Å². The first-order valence-corrected chi connectivity index (χ1v) is 9.72. The van der Waals surface area contributed by atoms with E-state index in [-0.39, 0.29) is 12.1 Å². The van der Waals surface area contributed by atoms with Crippen molar-refractivity contribution in [2.45, 2.75) is 32.0 Å². The van der Waals surface area contributed by atoms with Crippen LogP contribution in [0.5, 0.6) is 0 Å². The lowest BCUT2D eigenvalue weighted by Crippen LogP contribution is -2.38. The van der Waals surface area contributed by atoms with E-state index in [1.54, 1.807) is 6.07 Å². The van der Waals surface area contributed by atoms with Gasteiger partial charge in [0.15, 0.2) is 0 Å². The molecule has 1 aromatic heterocycles. The first kappa shape index (κ1) is 17.9. The molecule has 1 atom stereocenters. The van der Waals surface area contributed by atoms with Crippen LogP contribution >= 0.6 is 11.6 Å². The van der Waals surface area contributed by atoms with E-state index >= 15 is 0 Å². The highest BCUT2D eigenvalue weighted by Gasteiger charge is 2.26. The van der Waals surface area contributed by atoms with Crippen molar-refractivity contribution < 1.29 is 4.79 Å². The van der Waals surface area contributed by atoms with Crippen LogP contribution in [-0.4, -0.2) is 30.2 Å². The Kier molecular flexibility index (Phi) is 4.83. The van der Waals surface area contributed by atoms with Crippen LogP contribution in [0.2, 0.25) is 5.02 Å². The molecule has 4 rings (SSSR count). The third-order valence-corrected chi connectivity index (χ3v) is 5.54. The molecule has 6 nitrogen and oxygen atoms in total. The van der Waals surface area contributed by atoms with Gasteiger partial charge in [0.05, 0.1) is 16.9 Å². The van der Waals surface area contributed by atoms with Crippen molar-refractivity contribution in [3.8, 4) is 0 Å². The summed E-state index contributed by atoms with van der Waals surface area (Å²) in [5, 5.41) is 15.4. The molecule has 1 aromatic carbocycles. The molecule has 1 saturated carbocycles. The minimum Gasteiger partial charge on any atom is -0.363 e. The summed E-state index contributed by atoms with van der Waals surface area (Å²) in [5.74, 6) is 0.475. The Bertz CT molecular complexity index is 921. The van der Waals surface area contributed by atoms with Gasteiger partial charge in [-0.2, -0.15) is 0 Å². The maximum Gasteiger partial charge on any atom is 0.255 e. The van der Waals surface area contributed by atoms with E-state index in [4.69, 9.17) is 17.0 Å². The molecular weight excluding hydrogens is 362 g/mol. The summed E-state index contributed by atoms with van der Waals surface area (Å²) in [5.41, 5.74) is 2.84. The summed E-state index contributed by atoms with van der Waals surface area (Å²) < 4.78 is 1.87. The van der Waals surface area contributed by atoms with Gasteiger partial charge in [0.2, 0.25) is 0 Å². The highest BCUT2D eigenvalue weighted by atomic mass is 35.5. The molecule has 2 aliphatic rings. The summed E-state index contributed by atoms with van der Waals surface area (Å²) in [6, 6.07) is 9.35. The Morgan fingerprint density at radius 1 is 1.37 bits per heavy atom. The van der Waals surface area contributed by atoms with Gasteiger partial charge in [-0.3, -0.25) is 10.2 Å². The molecule has 1 unspecified atom stereocenters. The Morgan fingerprint density at radius 2 is 2.19 bits per heavy atom. The average Bonchev–Trinajstić information content (AvgIpc) is 3.42. The van der Waals surface area contributed by atoms with Gasteiger partial charge in [-0.1, -0.05) is 11.6 Å². The zero-order valence-corrected chi connectivity index (χ0v) is 16.1. The monoisotopic (exact) mass is 385 g/mol. The zero-order chi connectivity index (χ0) is 19.0. The molecule has 0 radical (unpaired) electrons. The number of rotatable bonds is 6. The van der Waals surface area contributed by atoms with Crippen LogP contribution < -0.4 is 21.0 Å². The number of halogens is 1. The van der Waals surface area contributed by atoms with Gasteiger partial charge in [0, 0.05) is 37.8 Å². The number of nitrogens with zero attached hydrogens (tertiary/aromatic N) is 2. The van der Waals surface area contributed by atoms with E-state index in [0.717, 1.165) is 24.3 Å². The maximum absolute atomic E-state index is 12.5. The fourth-order valence-corrected chi connectivity index (χ4v) is 3.68. The number of benzene rings is 1. The molecule has 3 N–H and O–H groups in total. The van der Waals surface area contributed by atoms with Crippen molar-refractivity contribution in [2.75, 3.05) is 23.8 Å². The number of nitrogens with one attached hydrogen (secondary N) is 3. The lowest BCUT2D eigenvalue weighted by Gasteiger charge is -2.22. The number of amides is 1. The van der Waals surface area contributed by atoms with Crippen molar-refractivity contribution in [1.82, 2.24) is 9.88 Å². The largest absolute Gasteiger partial charge is 0.363 e. The second kappa shape index (κ2) is 7.27. The number of hydrogen-bond donors (Lipinski definition) is 3. The van der Waals surface area contributed by atoms with Gasteiger partial charge in [0.25, 0.3) is 5.91 Å². The van der Waals surface area contributed by atoms with Crippen LogP contribution in [0.1, 0.15) is 29.6 Å². The molecule has 1 amide bonds. The SMILES string of the molecule is CN1c2cc(Cl)ccc2NC1CCNC(=O)c1cccn(CC2CC2)c1=N. The Hall–Kier alpha value is -2.47. The first-order chi connectivity index (χ1) is 13.0. The van der Waals surface area contributed by atoms with E-state index in [2.05, 4.69) is 15.5 Å². The van der Waals surface area contributed by atoms with Crippen LogP contribution in [0.4, 0.5) is 11.4 Å². The first-order valence-electron chi connectivity index (χ1n) is 9.34. The van der Waals surface area contributed by atoms with Crippen LogP contribution in [0.25, 0.3) is 0 Å². The summed E-state index contributed by atoms with van der Waals surface area (Å²) in [7, 11) is 2.02. The fraction of sp³-hybridized carbons (Fsp3) is 0.400. The molecule has 0 saturated heterocycles. The number of aromatic nitrogens is 1. The molecule has 0 bridgehead atoms. The molecule has 2 heterocycles. The molecule has 0 spiro atoms. The van der Waals surface area contributed by atoms with E-state index < -0.39 is 0 Å². The minimum absolute atomic E-state index is 0.102. The third kappa shape index (κ3) is 3.81. The zero-order valence-electron chi connectivity index (χ0n) is 15.3. The fourth-order valence-electron chi connectivity index (χ4n) is 3.51. The summed E-state index contributed by atoms with van der Waals surface area (Å²) in [4.78, 5) is 14.7. The number of carbonyl (C=O) groups is 1. The number of hydrogen-bond acceptors (Lipinski definition) is 4. The number of anilines is 2. The molecule has 2 aromatic rings. The molecule has 1 aliphatic carbocycles. The highest BCUT2D eigenvalue weighted by molar-refractivity contribution is 6.31. The topological polar surface area (TPSA) is 73.2 Å². The third-order valence-electron chi connectivity index (χ3n) is 5.30. The van der Waals surface area contributed by atoms with Crippen LogP contribution in [0.15, 0.2) is 36.5 Å². The summed E-state index contributed by atoms with van der Waals surface area (Å²) >= 11 is 6.08. The molecule has 7 heteroatoms. The van der Waals surface area contributed by atoms with Crippen molar-refractivity contribution in [3.05, 3.63) is 52.6 Å². The van der Waals surface area contributed by atoms with Crippen molar-refractivity contribution in [3.63, 3.8) is 0 Å². The van der Waals surface area contributed by atoms with E-state index in [1.807, 2.05) is 42.1 Å². The molecular formula is C20H24ClN5O. The normalized spacial score (nSPS) is 18.1. The van der Waals surface area contributed by atoms with Gasteiger partial charge < -0.3 is 20.1 Å². The quantitative estimate of drug-likeness (QED) is 0.715. The number of carbonyl (C=O) groups excluding carboxylic acids is 1. The van der Waals surface area contributed by atoms with Crippen molar-refractivity contribution in [1.29, 1.82) is 5.41 Å². The second-order valence-electron chi connectivity index (χ2n) is 7.34. The van der Waals surface area contributed by atoms with Crippen molar-refractivity contribution in [2.24, 2.45) is 5.92 Å². The standard InChI is InChI=1S/C20H24ClN5O/c1-25-17-11-14(21)6-7-16(17)24-18(25)8-9-23-20(27)15-3-2-10-26(19(15)22)12-13-4-5-13/h2-3,6-7,10-11,13,18,22,24H,4-5,8-9,12H2,1H3,(H,23,27). The maximum atomic E-state index is 12.5. The van der Waals surface area contributed by atoms with Crippen LogP contribution in [-0.2, 0) is 6.54 Å². The molecule has 1 aliphatic heterocycles. The Balaban J connectivity index is 1.35. The minimum atomic E-state index is -0.189. The average molecular weight is 386 g/mol. The summed E-state index contributed by atoms with van der Waals surface area (Å²) in [6.07, 6.45) is 5.18. The molecule has 27 heavy (non-hydrogen) atoms. The van der Waals surface area contributed by atoms with Crippen LogP contribution in [0, 0.1) is 11.3 Å². The lowest BCUT2D eigenvalue weighted by molar-refractivity contribution is 0.0950. The van der Waals surface area contributed by atoms with Gasteiger partial charge >= 0.3 is 0 Å². The smallest absolute Gasteiger partial charge is 0.255 e. The predicted octanol–water partition coefficient (Wildman–Crippen LogP) is 3.04. The van der Waals surface area contributed by atoms with Gasteiger partial charge in [-0.15, -0.1) is 0 Å². The van der Waals surface area contributed by atoms with Gasteiger partial charge in [0.1, 0.15) is 11.7 Å². The van der Waals surface area contributed by atoms with Crippen molar-refractivity contribution >= 4 is 28.9 Å². The van der Waals surface area contributed by atoms with E-state index in [0.29, 0.717) is 28.5 Å². The lowest BCUT2D eigenvalue weighted by atomic mass is 10.2. The highest BCUT2D eigenvalue weighted by Crippen LogP contribution is 2.36. The predicted molar refractivity (Wildman–Crippen MR) is 107 cm³/mol. The number of pyridine rings is 1. The molecule has 1 fully saturated rings. The summed E-state index contributed by atoms with van der Waals surface area (Å²) in [6.45, 7) is 1.36.